The van der Waals surface area contributed by atoms with E-state index < -0.39 is 0 Å². The van der Waals surface area contributed by atoms with Gasteiger partial charge in [-0.15, -0.1) is 12.6 Å². The number of carbonyl (C=O) groups is 1. The molecule has 1 aromatic carbocycles. The zero-order valence-electron chi connectivity index (χ0n) is 6.67. The van der Waals surface area contributed by atoms with Gasteiger partial charge >= 0.3 is 0 Å². The molecule has 0 spiro atoms. The molecule has 0 unspecified atom stereocenters. The zero-order valence-corrected chi connectivity index (χ0v) is 8.32. The van der Waals surface area contributed by atoms with Gasteiger partial charge in [-0.2, -0.15) is 0 Å². The maximum absolute atomic E-state index is 10.6. The fraction of sp³-hybridized carbons (Fsp3) is 0.222. The highest BCUT2D eigenvalue weighted by atomic mass is 35.5. The minimum absolute atomic E-state index is 0.144. The van der Waals surface area contributed by atoms with E-state index in [1.54, 1.807) is 6.07 Å². The number of hydrogen-bond donors (Lipinski definition) is 1. The Bertz CT molecular complexity index is 309. The first kappa shape index (κ1) is 9.62. The van der Waals surface area contributed by atoms with Gasteiger partial charge in [-0.3, -0.25) is 4.79 Å². The van der Waals surface area contributed by atoms with Crippen molar-refractivity contribution in [2.24, 2.45) is 0 Å². The molecule has 0 aromatic heterocycles. The second-order valence-electron chi connectivity index (χ2n) is 2.65. The molecule has 0 N–H and O–H groups in total. The molecular formula is C9H9ClOS. The maximum atomic E-state index is 10.6. The van der Waals surface area contributed by atoms with Crippen LogP contribution in [0.15, 0.2) is 18.2 Å². The molecule has 0 aliphatic heterocycles. The quantitative estimate of drug-likeness (QED) is 0.727. The Kier molecular flexibility index (Phi) is 3.18. The molecule has 1 aromatic rings. The highest BCUT2D eigenvalue weighted by Gasteiger charge is 2.00. The molecule has 0 saturated carbocycles. The van der Waals surface area contributed by atoms with Gasteiger partial charge in [0.05, 0.1) is 0 Å². The highest BCUT2D eigenvalue weighted by Crippen LogP contribution is 2.17. The summed E-state index contributed by atoms with van der Waals surface area (Å²) in [4.78, 5) is 10.6. The summed E-state index contributed by atoms with van der Waals surface area (Å²) in [5.41, 5.74) is 1.93. The van der Waals surface area contributed by atoms with Crippen LogP contribution in [0.25, 0.3) is 0 Å². The lowest BCUT2D eigenvalue weighted by Crippen LogP contribution is -1.93. The molecule has 0 atom stereocenters. The molecule has 0 amide bonds. The predicted octanol–water partition coefficient (Wildman–Crippen LogP) is 2.65. The first-order valence-corrected chi connectivity index (χ1v) is 4.39. The van der Waals surface area contributed by atoms with Crippen LogP contribution in [0, 0.1) is 6.92 Å². The average molecular weight is 201 g/mol. The van der Waals surface area contributed by atoms with Gasteiger partial charge in [0.2, 0.25) is 0 Å². The van der Waals surface area contributed by atoms with Crippen LogP contribution in [-0.4, -0.2) is 5.12 Å². The largest absolute Gasteiger partial charge is 0.287 e. The van der Waals surface area contributed by atoms with Crippen LogP contribution in [0.2, 0.25) is 5.02 Å². The highest BCUT2D eigenvalue weighted by molar-refractivity contribution is 7.96. The minimum atomic E-state index is -0.144. The average Bonchev–Trinajstić information content (AvgIpc) is 1.96. The molecule has 0 aliphatic rings. The fourth-order valence-electron chi connectivity index (χ4n) is 0.921. The molecule has 3 heteroatoms. The standard InChI is InChI=1S/C9H9ClOS/c1-6-2-3-7(4-8(6)10)5-9(11)12/h2-4H,5H2,1H3,(H,11,12). The number of thiol groups is 1. The van der Waals surface area contributed by atoms with Gasteiger partial charge in [-0.1, -0.05) is 23.7 Å². The molecule has 12 heavy (non-hydrogen) atoms. The van der Waals surface area contributed by atoms with Crippen LogP contribution in [0.5, 0.6) is 0 Å². The van der Waals surface area contributed by atoms with E-state index in [-0.39, 0.29) is 5.12 Å². The lowest BCUT2D eigenvalue weighted by molar-refractivity contribution is -0.110. The first-order valence-electron chi connectivity index (χ1n) is 3.56. The monoisotopic (exact) mass is 200 g/mol. The summed E-state index contributed by atoms with van der Waals surface area (Å²) < 4.78 is 0. The third-order valence-electron chi connectivity index (χ3n) is 1.59. The van der Waals surface area contributed by atoms with E-state index in [1.165, 1.54) is 0 Å². The van der Waals surface area contributed by atoms with Gasteiger partial charge in [-0.25, -0.2) is 0 Å². The Labute approximate surface area is 82.1 Å². The molecular weight excluding hydrogens is 192 g/mol. The molecule has 0 radical (unpaired) electrons. The van der Waals surface area contributed by atoms with Crippen molar-refractivity contribution in [1.82, 2.24) is 0 Å². The Balaban J connectivity index is 2.89. The van der Waals surface area contributed by atoms with E-state index in [4.69, 9.17) is 11.6 Å². The molecule has 0 aliphatic carbocycles. The predicted molar refractivity (Wildman–Crippen MR) is 53.9 cm³/mol. The van der Waals surface area contributed by atoms with Crippen molar-refractivity contribution in [1.29, 1.82) is 0 Å². The van der Waals surface area contributed by atoms with E-state index in [0.717, 1.165) is 11.1 Å². The normalized spacial score (nSPS) is 9.92. The van der Waals surface area contributed by atoms with E-state index in [1.807, 2.05) is 19.1 Å². The summed E-state index contributed by atoms with van der Waals surface area (Å²) in [6, 6.07) is 5.58. The van der Waals surface area contributed by atoms with Crippen molar-refractivity contribution in [2.75, 3.05) is 0 Å². The third kappa shape index (κ3) is 2.54. The summed E-state index contributed by atoms with van der Waals surface area (Å²) >= 11 is 9.55. The second kappa shape index (κ2) is 3.97. The van der Waals surface area contributed by atoms with Crippen molar-refractivity contribution in [3.63, 3.8) is 0 Å². The lowest BCUT2D eigenvalue weighted by Gasteiger charge is -2.00. The lowest BCUT2D eigenvalue weighted by atomic mass is 10.1. The molecule has 1 nitrogen and oxygen atoms in total. The summed E-state index contributed by atoms with van der Waals surface area (Å²) in [5.74, 6) is 0. The summed E-state index contributed by atoms with van der Waals surface area (Å²) in [6.45, 7) is 1.93. The van der Waals surface area contributed by atoms with Gasteiger partial charge in [0.25, 0.3) is 0 Å². The zero-order chi connectivity index (χ0) is 9.14. The molecule has 0 heterocycles. The number of hydrogen-bond acceptors (Lipinski definition) is 1. The van der Waals surface area contributed by atoms with Crippen molar-refractivity contribution >= 4 is 29.3 Å². The first-order chi connectivity index (χ1) is 5.59. The van der Waals surface area contributed by atoms with Crippen LogP contribution in [-0.2, 0) is 11.2 Å². The van der Waals surface area contributed by atoms with Gasteiger partial charge in [0.1, 0.15) is 0 Å². The number of benzene rings is 1. The fourth-order valence-corrected chi connectivity index (χ4v) is 1.31. The number of carbonyl (C=O) groups excluding carboxylic acids is 1. The van der Waals surface area contributed by atoms with Crippen LogP contribution in [0.4, 0.5) is 0 Å². The van der Waals surface area contributed by atoms with Crippen LogP contribution < -0.4 is 0 Å². The minimum Gasteiger partial charge on any atom is -0.287 e. The van der Waals surface area contributed by atoms with Crippen LogP contribution >= 0.6 is 24.2 Å². The van der Waals surface area contributed by atoms with Gasteiger partial charge in [0.15, 0.2) is 5.12 Å². The second-order valence-corrected chi connectivity index (χ2v) is 3.56. The SMILES string of the molecule is Cc1ccc(CC(=O)S)cc1Cl. The maximum Gasteiger partial charge on any atom is 0.190 e. The number of rotatable bonds is 2. The van der Waals surface area contributed by atoms with Crippen LogP contribution in [0.1, 0.15) is 11.1 Å². The van der Waals surface area contributed by atoms with Crippen molar-refractivity contribution < 1.29 is 4.79 Å². The van der Waals surface area contributed by atoms with E-state index in [2.05, 4.69) is 12.6 Å². The van der Waals surface area contributed by atoms with Crippen LogP contribution in [0.3, 0.4) is 0 Å². The van der Waals surface area contributed by atoms with Gasteiger partial charge < -0.3 is 0 Å². The van der Waals surface area contributed by atoms with E-state index in [0.29, 0.717) is 11.4 Å². The summed E-state index contributed by atoms with van der Waals surface area (Å²) in [7, 11) is 0. The smallest absolute Gasteiger partial charge is 0.190 e. The number of aryl methyl sites for hydroxylation is 1. The summed E-state index contributed by atoms with van der Waals surface area (Å²) in [6.07, 6.45) is 0.336. The van der Waals surface area contributed by atoms with E-state index >= 15 is 0 Å². The van der Waals surface area contributed by atoms with Crippen molar-refractivity contribution in [3.8, 4) is 0 Å². The Morgan fingerprint density at radius 3 is 2.75 bits per heavy atom. The topological polar surface area (TPSA) is 17.1 Å². The molecule has 1 rings (SSSR count). The molecule has 0 saturated heterocycles. The van der Waals surface area contributed by atoms with Crippen molar-refractivity contribution in [2.45, 2.75) is 13.3 Å². The summed E-state index contributed by atoms with van der Waals surface area (Å²) in [5, 5.41) is 0.553. The van der Waals surface area contributed by atoms with Gasteiger partial charge in [-0.05, 0) is 24.1 Å². The van der Waals surface area contributed by atoms with Gasteiger partial charge in [0, 0.05) is 11.4 Å². The van der Waals surface area contributed by atoms with Crippen molar-refractivity contribution in [3.05, 3.63) is 34.3 Å². The molecule has 0 bridgehead atoms. The Morgan fingerprint density at radius 1 is 1.58 bits per heavy atom. The Hall–Kier alpha value is -0.470. The third-order valence-corrected chi connectivity index (χ3v) is 2.16. The Morgan fingerprint density at radius 2 is 2.25 bits per heavy atom. The molecule has 64 valence electrons. The molecule has 0 fully saturated rings. The number of halogens is 1. The van der Waals surface area contributed by atoms with E-state index in [9.17, 15) is 4.79 Å².